The SMILES string of the molecule is COc1ccc2c(c1)C(CC(=O)c1ccccc1OC)=NC2(C)C. The van der Waals surface area contributed by atoms with Crippen molar-refractivity contribution in [3.63, 3.8) is 0 Å². The van der Waals surface area contributed by atoms with Crippen LogP contribution in [0.1, 0.15) is 41.8 Å². The number of nitrogens with zero attached hydrogens (tertiary/aromatic N) is 1. The van der Waals surface area contributed by atoms with E-state index in [1.54, 1.807) is 26.4 Å². The molecule has 0 saturated heterocycles. The summed E-state index contributed by atoms with van der Waals surface area (Å²) in [6.45, 7) is 4.11. The molecule has 0 radical (unpaired) electrons. The molecule has 3 rings (SSSR count). The lowest BCUT2D eigenvalue weighted by Crippen LogP contribution is -2.10. The summed E-state index contributed by atoms with van der Waals surface area (Å²) in [6, 6.07) is 13.2. The van der Waals surface area contributed by atoms with Gasteiger partial charge in [-0.2, -0.15) is 0 Å². The van der Waals surface area contributed by atoms with E-state index < -0.39 is 0 Å². The number of ether oxygens (including phenoxy) is 2. The number of fused-ring (bicyclic) bond motifs is 1. The lowest BCUT2D eigenvalue weighted by molar-refractivity contribution is 0.0998. The van der Waals surface area contributed by atoms with Crippen LogP contribution in [0.4, 0.5) is 0 Å². The normalized spacial score (nSPS) is 14.8. The molecule has 1 aliphatic heterocycles. The Bertz CT molecular complexity index is 821. The number of hydrogen-bond donors (Lipinski definition) is 0. The number of carbonyl (C=O) groups excluding carboxylic acids is 1. The van der Waals surface area contributed by atoms with Crippen LogP contribution >= 0.6 is 0 Å². The average Bonchev–Trinajstić information content (AvgIpc) is 2.84. The molecule has 1 heterocycles. The number of para-hydroxylation sites is 1. The molecular formula is C20H21NO3. The Morgan fingerprint density at radius 1 is 1.08 bits per heavy atom. The number of methoxy groups -OCH3 is 2. The summed E-state index contributed by atoms with van der Waals surface area (Å²) in [5.74, 6) is 1.35. The van der Waals surface area contributed by atoms with Gasteiger partial charge in [0.25, 0.3) is 0 Å². The van der Waals surface area contributed by atoms with Crippen LogP contribution in [0.3, 0.4) is 0 Å². The van der Waals surface area contributed by atoms with Crippen LogP contribution in [0.5, 0.6) is 11.5 Å². The van der Waals surface area contributed by atoms with E-state index in [1.165, 1.54) is 0 Å². The number of rotatable bonds is 5. The summed E-state index contributed by atoms with van der Waals surface area (Å²) in [5, 5.41) is 0. The Hall–Kier alpha value is -2.62. The van der Waals surface area contributed by atoms with Gasteiger partial charge in [-0.15, -0.1) is 0 Å². The van der Waals surface area contributed by atoms with Crippen LogP contribution in [0.25, 0.3) is 0 Å². The van der Waals surface area contributed by atoms with Crippen molar-refractivity contribution in [1.29, 1.82) is 0 Å². The van der Waals surface area contributed by atoms with Crippen molar-refractivity contribution in [1.82, 2.24) is 0 Å². The van der Waals surface area contributed by atoms with Crippen molar-refractivity contribution >= 4 is 11.5 Å². The van der Waals surface area contributed by atoms with Crippen molar-refractivity contribution in [3.05, 3.63) is 59.2 Å². The van der Waals surface area contributed by atoms with Crippen LogP contribution in [-0.4, -0.2) is 25.7 Å². The number of ketones is 1. The lowest BCUT2D eigenvalue weighted by Gasteiger charge is -2.16. The summed E-state index contributed by atoms with van der Waals surface area (Å²) >= 11 is 0. The predicted molar refractivity (Wildman–Crippen MR) is 94.5 cm³/mol. The molecule has 0 aromatic heterocycles. The minimum atomic E-state index is -0.335. The van der Waals surface area contributed by atoms with E-state index in [2.05, 4.69) is 13.8 Å². The molecular weight excluding hydrogens is 302 g/mol. The van der Waals surface area contributed by atoms with Gasteiger partial charge in [0.2, 0.25) is 0 Å². The largest absolute Gasteiger partial charge is 0.497 e. The zero-order valence-corrected chi connectivity index (χ0v) is 14.4. The number of Topliss-reactive ketones (excluding diaryl/α,β-unsaturated/α-hetero) is 1. The molecule has 4 nitrogen and oxygen atoms in total. The van der Waals surface area contributed by atoms with Gasteiger partial charge >= 0.3 is 0 Å². The molecule has 0 bridgehead atoms. The fraction of sp³-hybridized carbons (Fsp3) is 0.300. The number of aliphatic imine (C=N–C) groups is 1. The molecule has 0 spiro atoms. The third-order valence-electron chi connectivity index (χ3n) is 4.35. The second-order valence-corrected chi connectivity index (χ2v) is 6.33. The maximum atomic E-state index is 12.8. The highest BCUT2D eigenvalue weighted by atomic mass is 16.5. The average molecular weight is 323 g/mol. The van der Waals surface area contributed by atoms with Crippen LogP contribution in [0, 0.1) is 0 Å². The third kappa shape index (κ3) is 2.80. The van der Waals surface area contributed by atoms with Crippen LogP contribution in [-0.2, 0) is 5.54 Å². The molecule has 0 N–H and O–H groups in total. The van der Waals surface area contributed by atoms with E-state index in [0.29, 0.717) is 11.3 Å². The molecule has 0 amide bonds. The van der Waals surface area contributed by atoms with E-state index in [9.17, 15) is 4.79 Å². The zero-order chi connectivity index (χ0) is 17.3. The van der Waals surface area contributed by atoms with E-state index >= 15 is 0 Å². The molecule has 0 fully saturated rings. The van der Waals surface area contributed by atoms with Gasteiger partial charge in [-0.05, 0) is 43.7 Å². The monoisotopic (exact) mass is 323 g/mol. The molecule has 24 heavy (non-hydrogen) atoms. The van der Waals surface area contributed by atoms with Gasteiger partial charge in [0.05, 0.1) is 37.5 Å². The van der Waals surface area contributed by atoms with Crippen molar-refractivity contribution in [3.8, 4) is 11.5 Å². The minimum absolute atomic E-state index is 0.00216. The second-order valence-electron chi connectivity index (χ2n) is 6.33. The number of carbonyl (C=O) groups is 1. The van der Waals surface area contributed by atoms with Gasteiger partial charge in [-0.25, -0.2) is 0 Å². The maximum Gasteiger partial charge on any atom is 0.172 e. The van der Waals surface area contributed by atoms with Crippen molar-refractivity contribution in [2.45, 2.75) is 25.8 Å². The smallest absolute Gasteiger partial charge is 0.172 e. The van der Waals surface area contributed by atoms with Crippen LogP contribution < -0.4 is 9.47 Å². The fourth-order valence-electron chi connectivity index (χ4n) is 3.14. The molecule has 2 aromatic rings. The summed E-state index contributed by atoms with van der Waals surface area (Å²) in [6.07, 6.45) is 0.240. The van der Waals surface area contributed by atoms with Gasteiger partial charge in [0.1, 0.15) is 11.5 Å². The molecule has 1 aliphatic rings. The Kier molecular flexibility index (Phi) is 4.14. The summed E-state index contributed by atoms with van der Waals surface area (Å²) in [7, 11) is 3.21. The fourth-order valence-corrected chi connectivity index (χ4v) is 3.14. The molecule has 0 unspecified atom stereocenters. The first-order valence-corrected chi connectivity index (χ1v) is 7.90. The van der Waals surface area contributed by atoms with Gasteiger partial charge in [-0.1, -0.05) is 18.2 Å². The highest BCUT2D eigenvalue weighted by Crippen LogP contribution is 2.38. The highest BCUT2D eigenvalue weighted by molar-refractivity contribution is 6.18. The Balaban J connectivity index is 1.95. The van der Waals surface area contributed by atoms with E-state index in [0.717, 1.165) is 22.6 Å². The first-order valence-electron chi connectivity index (χ1n) is 7.90. The quantitative estimate of drug-likeness (QED) is 0.781. The second kappa shape index (κ2) is 6.11. The van der Waals surface area contributed by atoms with Gasteiger partial charge in [0, 0.05) is 5.56 Å². The summed E-state index contributed by atoms with van der Waals surface area (Å²) in [4.78, 5) is 17.5. The van der Waals surface area contributed by atoms with Crippen molar-refractivity contribution < 1.29 is 14.3 Å². The minimum Gasteiger partial charge on any atom is -0.497 e. The topological polar surface area (TPSA) is 47.9 Å². The molecule has 0 saturated carbocycles. The molecule has 0 atom stereocenters. The number of hydrogen-bond acceptors (Lipinski definition) is 4. The Morgan fingerprint density at radius 3 is 2.54 bits per heavy atom. The third-order valence-corrected chi connectivity index (χ3v) is 4.35. The molecule has 4 heteroatoms. The van der Waals surface area contributed by atoms with Gasteiger partial charge < -0.3 is 9.47 Å². The van der Waals surface area contributed by atoms with Crippen LogP contribution in [0.2, 0.25) is 0 Å². The predicted octanol–water partition coefficient (Wildman–Crippen LogP) is 4.01. The first-order chi connectivity index (χ1) is 11.5. The highest BCUT2D eigenvalue weighted by Gasteiger charge is 2.32. The van der Waals surface area contributed by atoms with Crippen molar-refractivity contribution in [2.24, 2.45) is 4.99 Å². The molecule has 124 valence electrons. The molecule has 0 aliphatic carbocycles. The van der Waals surface area contributed by atoms with Gasteiger partial charge in [-0.3, -0.25) is 9.79 Å². The Morgan fingerprint density at radius 2 is 1.83 bits per heavy atom. The van der Waals surface area contributed by atoms with Crippen LogP contribution in [0.15, 0.2) is 47.5 Å². The van der Waals surface area contributed by atoms with Gasteiger partial charge in [0.15, 0.2) is 5.78 Å². The first kappa shape index (κ1) is 16.2. The molecule has 2 aromatic carbocycles. The lowest BCUT2D eigenvalue weighted by atomic mass is 9.91. The zero-order valence-electron chi connectivity index (χ0n) is 14.4. The van der Waals surface area contributed by atoms with E-state index in [4.69, 9.17) is 14.5 Å². The Labute approximate surface area is 142 Å². The maximum absolute atomic E-state index is 12.8. The van der Waals surface area contributed by atoms with Crippen molar-refractivity contribution in [2.75, 3.05) is 14.2 Å². The number of benzene rings is 2. The summed E-state index contributed by atoms with van der Waals surface area (Å²) < 4.78 is 10.6. The standard InChI is InChI=1S/C20H21NO3/c1-20(2)16-10-9-13(23-3)11-15(16)17(21-20)12-18(22)14-7-5-6-8-19(14)24-4/h5-11H,12H2,1-4H3. The van der Waals surface area contributed by atoms with E-state index in [1.807, 2.05) is 30.3 Å². The van der Waals surface area contributed by atoms with E-state index in [-0.39, 0.29) is 17.7 Å². The summed E-state index contributed by atoms with van der Waals surface area (Å²) in [5.41, 5.74) is 3.15.